The predicted octanol–water partition coefficient (Wildman–Crippen LogP) is 5.03. The number of halogens is 1. The second kappa shape index (κ2) is 9.21. The molecule has 0 bridgehead atoms. The Morgan fingerprint density at radius 2 is 1.94 bits per heavy atom. The molecule has 1 saturated heterocycles. The van der Waals surface area contributed by atoms with Crippen LogP contribution in [-0.4, -0.2) is 54.9 Å². The highest BCUT2D eigenvalue weighted by Gasteiger charge is 2.28. The fourth-order valence-electron chi connectivity index (χ4n) is 4.75. The predicted molar refractivity (Wildman–Crippen MR) is 139 cm³/mol. The van der Waals surface area contributed by atoms with Gasteiger partial charge in [0, 0.05) is 54.7 Å². The summed E-state index contributed by atoms with van der Waals surface area (Å²) in [6.45, 7) is 3.93. The van der Waals surface area contributed by atoms with Crippen LogP contribution in [0, 0.1) is 17.7 Å². The molecule has 3 heterocycles. The van der Waals surface area contributed by atoms with Crippen LogP contribution >= 0.6 is 11.3 Å². The van der Waals surface area contributed by atoms with E-state index in [1.54, 1.807) is 17.4 Å². The zero-order valence-corrected chi connectivity index (χ0v) is 20.3. The van der Waals surface area contributed by atoms with Crippen molar-refractivity contribution in [2.24, 2.45) is 0 Å². The van der Waals surface area contributed by atoms with Gasteiger partial charge in [0.2, 0.25) is 0 Å². The summed E-state index contributed by atoms with van der Waals surface area (Å²) in [4.78, 5) is 5.40. The maximum atomic E-state index is 15.1. The third kappa shape index (κ3) is 4.31. The number of fused-ring (bicyclic) bond motifs is 3. The molecule has 176 valence electrons. The zero-order chi connectivity index (χ0) is 23.8. The third-order valence-corrected chi connectivity index (χ3v) is 7.50. The molecular weight excluding hydrogens is 459 g/mol. The summed E-state index contributed by atoms with van der Waals surface area (Å²) in [7, 11) is 2.11. The number of nitrogens with one attached hydrogen (secondary N) is 1. The number of H-pyrrole nitrogens is 1. The molecule has 1 fully saturated rings. The van der Waals surface area contributed by atoms with E-state index in [2.05, 4.69) is 50.3 Å². The molecule has 0 amide bonds. The topological polar surface area (TPSA) is 44.4 Å². The molecule has 0 radical (unpaired) electrons. The Morgan fingerprint density at radius 3 is 2.77 bits per heavy atom. The maximum Gasteiger partial charge on any atom is 0.149 e. The lowest BCUT2D eigenvalue weighted by molar-refractivity contribution is 0.311. The molecule has 1 aliphatic carbocycles. The fourth-order valence-corrected chi connectivity index (χ4v) is 5.51. The second-order valence-electron chi connectivity index (χ2n) is 8.96. The van der Waals surface area contributed by atoms with Crippen molar-refractivity contribution in [3.63, 3.8) is 0 Å². The van der Waals surface area contributed by atoms with Gasteiger partial charge in [-0.25, -0.2) is 4.39 Å². The first kappa shape index (κ1) is 21.9. The number of aromatic nitrogens is 2. The normalized spacial score (nSPS) is 14.9. The van der Waals surface area contributed by atoms with E-state index < -0.39 is 0 Å². The lowest BCUT2D eigenvalue weighted by Gasteiger charge is -2.34. The average molecular weight is 485 g/mol. The highest BCUT2D eigenvalue weighted by atomic mass is 32.1. The molecule has 1 N–H and O–H groups in total. The van der Waals surface area contributed by atoms with E-state index in [9.17, 15) is 0 Å². The molecule has 0 atom stereocenters. The van der Waals surface area contributed by atoms with Crippen LogP contribution in [0.15, 0.2) is 53.9 Å². The van der Waals surface area contributed by atoms with Crippen LogP contribution in [0.1, 0.15) is 16.0 Å². The van der Waals surface area contributed by atoms with E-state index in [-0.39, 0.29) is 5.82 Å². The van der Waals surface area contributed by atoms with Crippen LogP contribution in [0.5, 0.6) is 5.75 Å². The molecule has 0 spiro atoms. The lowest BCUT2D eigenvalue weighted by atomic mass is 10.1. The van der Waals surface area contributed by atoms with Crippen molar-refractivity contribution in [2.75, 3.05) is 44.7 Å². The van der Waals surface area contributed by atoms with E-state index >= 15 is 4.39 Å². The summed E-state index contributed by atoms with van der Waals surface area (Å²) in [5.41, 5.74) is 6.79. The summed E-state index contributed by atoms with van der Waals surface area (Å²) >= 11 is 1.59. The molecule has 0 unspecified atom stereocenters. The highest BCUT2D eigenvalue weighted by Crippen LogP contribution is 2.43. The van der Waals surface area contributed by atoms with Crippen LogP contribution in [0.25, 0.3) is 22.5 Å². The summed E-state index contributed by atoms with van der Waals surface area (Å²) in [5.74, 6) is 6.91. The number of nitrogens with zero attached hydrogens (tertiary/aromatic N) is 3. The minimum Gasteiger partial charge on any atom is -0.481 e. The molecule has 6 rings (SSSR count). The van der Waals surface area contributed by atoms with Crippen LogP contribution in [0.2, 0.25) is 0 Å². The van der Waals surface area contributed by atoms with Gasteiger partial charge >= 0.3 is 0 Å². The van der Waals surface area contributed by atoms with Crippen molar-refractivity contribution in [1.82, 2.24) is 15.1 Å². The Balaban J connectivity index is 1.19. The Morgan fingerprint density at radius 1 is 1.11 bits per heavy atom. The molecule has 2 aromatic carbocycles. The standard InChI is InChI=1S/C28H25FN4OS/c1-32-9-11-33(12-10-32)26-16-19-15-24-27(30-31-28(24)23(19)17-25(26)29)20-14-22(35-18-20)8-5-13-34-21-6-3-2-4-7-21/h2-4,6-7,14,16-18H,9-13,15H2,1H3,(H,30,31). The van der Waals surface area contributed by atoms with E-state index in [0.717, 1.165) is 76.9 Å². The van der Waals surface area contributed by atoms with Gasteiger partial charge in [-0.2, -0.15) is 5.10 Å². The first-order chi connectivity index (χ1) is 17.2. The van der Waals surface area contributed by atoms with Crippen LogP contribution < -0.4 is 9.64 Å². The van der Waals surface area contributed by atoms with E-state index in [1.807, 2.05) is 36.4 Å². The number of para-hydroxylation sites is 1. The minimum absolute atomic E-state index is 0.164. The fraction of sp³-hybridized carbons (Fsp3) is 0.250. The molecule has 2 aromatic heterocycles. The Hall–Kier alpha value is -3.60. The lowest BCUT2D eigenvalue weighted by Crippen LogP contribution is -2.44. The number of rotatable bonds is 4. The first-order valence-electron chi connectivity index (χ1n) is 11.7. The van der Waals surface area contributed by atoms with Crippen molar-refractivity contribution in [1.29, 1.82) is 0 Å². The van der Waals surface area contributed by atoms with Gasteiger partial charge in [0.15, 0.2) is 0 Å². The van der Waals surface area contributed by atoms with Gasteiger partial charge < -0.3 is 14.5 Å². The number of piperazine rings is 1. The Bertz CT molecular complexity index is 1420. The first-order valence-corrected chi connectivity index (χ1v) is 12.6. The number of aromatic amines is 1. The number of likely N-dealkylation sites (N-methyl/N-ethyl adjacent to an activating group) is 1. The van der Waals surface area contributed by atoms with Crippen molar-refractivity contribution in [3.8, 4) is 40.1 Å². The number of benzene rings is 2. The minimum atomic E-state index is -0.164. The van der Waals surface area contributed by atoms with Crippen molar-refractivity contribution in [3.05, 3.63) is 75.7 Å². The zero-order valence-electron chi connectivity index (χ0n) is 19.5. The van der Waals surface area contributed by atoms with Crippen LogP contribution in [0.3, 0.4) is 0 Å². The van der Waals surface area contributed by atoms with Crippen molar-refractivity contribution in [2.45, 2.75) is 6.42 Å². The number of anilines is 1. The molecule has 1 aliphatic heterocycles. The maximum absolute atomic E-state index is 15.1. The van der Waals surface area contributed by atoms with Gasteiger partial charge in [0.1, 0.15) is 18.2 Å². The summed E-state index contributed by atoms with van der Waals surface area (Å²) in [5, 5.41) is 9.82. The van der Waals surface area contributed by atoms with Gasteiger partial charge in [0.05, 0.1) is 22.0 Å². The van der Waals surface area contributed by atoms with Crippen molar-refractivity contribution < 1.29 is 9.13 Å². The van der Waals surface area contributed by atoms with Gasteiger partial charge in [0.25, 0.3) is 0 Å². The monoisotopic (exact) mass is 484 g/mol. The SMILES string of the molecule is CN1CCN(c2cc3c(cc2F)-c2[nH]nc(-c4csc(C#CCOc5ccccc5)c4)c2C3)CC1. The van der Waals surface area contributed by atoms with E-state index in [1.165, 1.54) is 0 Å². The summed E-state index contributed by atoms with van der Waals surface area (Å²) in [6.07, 6.45) is 0.749. The van der Waals surface area contributed by atoms with Gasteiger partial charge in [-0.3, -0.25) is 5.10 Å². The van der Waals surface area contributed by atoms with Gasteiger partial charge in [-0.1, -0.05) is 30.0 Å². The summed E-state index contributed by atoms with van der Waals surface area (Å²) in [6, 6.07) is 15.4. The molecular formula is C28H25FN4OS. The van der Waals surface area contributed by atoms with Gasteiger partial charge in [-0.05, 0) is 42.9 Å². The van der Waals surface area contributed by atoms with Crippen LogP contribution in [-0.2, 0) is 6.42 Å². The second-order valence-corrected chi connectivity index (χ2v) is 9.87. The number of hydrogen-bond donors (Lipinski definition) is 1. The average Bonchev–Trinajstić information content (AvgIpc) is 3.58. The molecule has 35 heavy (non-hydrogen) atoms. The Kier molecular flexibility index (Phi) is 5.77. The van der Waals surface area contributed by atoms with Crippen LogP contribution in [0.4, 0.5) is 10.1 Å². The van der Waals surface area contributed by atoms with Crippen molar-refractivity contribution >= 4 is 17.0 Å². The molecule has 5 nitrogen and oxygen atoms in total. The number of hydrogen-bond acceptors (Lipinski definition) is 5. The summed E-state index contributed by atoms with van der Waals surface area (Å²) < 4.78 is 20.7. The largest absolute Gasteiger partial charge is 0.481 e. The van der Waals surface area contributed by atoms with E-state index in [4.69, 9.17) is 4.74 Å². The molecule has 2 aliphatic rings. The third-order valence-electron chi connectivity index (χ3n) is 6.66. The molecule has 7 heteroatoms. The number of thiophene rings is 1. The number of ether oxygens (including phenoxy) is 1. The molecule has 4 aromatic rings. The quantitative estimate of drug-likeness (QED) is 0.364. The molecule has 0 saturated carbocycles. The van der Waals surface area contributed by atoms with E-state index in [0.29, 0.717) is 12.3 Å². The Labute approximate surface area is 208 Å². The highest BCUT2D eigenvalue weighted by molar-refractivity contribution is 7.11. The van der Waals surface area contributed by atoms with Gasteiger partial charge in [-0.15, -0.1) is 11.3 Å². The smallest absolute Gasteiger partial charge is 0.149 e.